The zero-order valence-corrected chi connectivity index (χ0v) is 10.0. The van der Waals surface area contributed by atoms with Gasteiger partial charge in [-0.3, -0.25) is 14.6 Å². The molecule has 0 spiro atoms. The van der Waals surface area contributed by atoms with Gasteiger partial charge < -0.3 is 9.30 Å². The molecular formula is C12H15N3O3. The van der Waals surface area contributed by atoms with Crippen LogP contribution in [-0.4, -0.2) is 53.3 Å². The number of amides is 1. The molecule has 3 rings (SSSR count). The maximum Gasteiger partial charge on any atom is 0.284 e. The summed E-state index contributed by atoms with van der Waals surface area (Å²) in [6.07, 6.45) is 1.69. The minimum atomic E-state index is -0.126. The van der Waals surface area contributed by atoms with E-state index in [4.69, 9.17) is 4.74 Å². The first-order valence-electron chi connectivity index (χ1n) is 6.11. The number of fused-ring (bicyclic) bond motifs is 1. The lowest BCUT2D eigenvalue weighted by atomic mass is 10.2. The van der Waals surface area contributed by atoms with Crippen LogP contribution in [-0.2, 0) is 11.3 Å². The van der Waals surface area contributed by atoms with Crippen LogP contribution in [0, 0.1) is 0 Å². The molecule has 0 N–H and O–H groups in total. The number of carbonyl (C=O) groups is 1. The Labute approximate surface area is 104 Å². The van der Waals surface area contributed by atoms with Gasteiger partial charge in [0.15, 0.2) is 5.43 Å². The van der Waals surface area contributed by atoms with Crippen molar-refractivity contribution in [3.63, 3.8) is 0 Å². The fraction of sp³-hybridized carbons (Fsp3) is 0.500. The summed E-state index contributed by atoms with van der Waals surface area (Å²) in [4.78, 5) is 23.7. The molecule has 1 aromatic heterocycles. The first-order valence-corrected chi connectivity index (χ1v) is 6.11. The lowest BCUT2D eigenvalue weighted by Gasteiger charge is -2.40. The lowest BCUT2D eigenvalue weighted by Crippen LogP contribution is -2.55. The number of aromatic nitrogens is 1. The summed E-state index contributed by atoms with van der Waals surface area (Å²) in [6.45, 7) is 4.11. The summed E-state index contributed by atoms with van der Waals surface area (Å²) in [6, 6.07) is 2.90. The van der Waals surface area contributed by atoms with E-state index in [1.54, 1.807) is 11.2 Å². The molecular weight excluding hydrogens is 234 g/mol. The Bertz CT molecular complexity index is 520. The minimum Gasteiger partial charge on any atom is -0.379 e. The minimum absolute atomic E-state index is 0.0964. The second-order valence-electron chi connectivity index (χ2n) is 4.44. The van der Waals surface area contributed by atoms with E-state index in [1.165, 1.54) is 12.1 Å². The summed E-state index contributed by atoms with van der Waals surface area (Å²) in [5.74, 6) is -0.0964. The number of hydrazine groups is 1. The molecule has 0 aromatic carbocycles. The second kappa shape index (κ2) is 4.55. The SMILES string of the molecule is O=C1c2cc(=O)ccn2CCN1N1CCOCC1. The molecule has 0 radical (unpaired) electrons. The molecule has 96 valence electrons. The van der Waals surface area contributed by atoms with E-state index in [9.17, 15) is 9.59 Å². The zero-order valence-electron chi connectivity index (χ0n) is 10.0. The van der Waals surface area contributed by atoms with Crippen molar-refractivity contribution in [1.82, 2.24) is 14.6 Å². The van der Waals surface area contributed by atoms with Gasteiger partial charge in [0.1, 0.15) is 5.69 Å². The van der Waals surface area contributed by atoms with E-state index < -0.39 is 0 Å². The van der Waals surface area contributed by atoms with Crippen LogP contribution in [0.2, 0.25) is 0 Å². The van der Waals surface area contributed by atoms with Crippen LogP contribution in [0.5, 0.6) is 0 Å². The summed E-state index contributed by atoms with van der Waals surface area (Å²) in [5, 5.41) is 3.74. The average Bonchev–Trinajstić information content (AvgIpc) is 2.41. The predicted molar refractivity (Wildman–Crippen MR) is 64.1 cm³/mol. The predicted octanol–water partition coefficient (Wildman–Crippen LogP) is -0.449. The molecule has 0 unspecified atom stereocenters. The highest BCUT2D eigenvalue weighted by molar-refractivity contribution is 5.92. The Morgan fingerprint density at radius 2 is 1.83 bits per heavy atom. The molecule has 3 heterocycles. The Hall–Kier alpha value is -1.66. The molecule has 0 saturated carbocycles. The third-order valence-corrected chi connectivity index (χ3v) is 3.34. The molecule has 6 nitrogen and oxygen atoms in total. The molecule has 0 atom stereocenters. The van der Waals surface area contributed by atoms with Gasteiger partial charge in [-0.2, -0.15) is 0 Å². The van der Waals surface area contributed by atoms with E-state index in [-0.39, 0.29) is 11.3 Å². The van der Waals surface area contributed by atoms with Gasteiger partial charge in [-0.15, -0.1) is 0 Å². The van der Waals surface area contributed by atoms with Crippen molar-refractivity contribution in [2.75, 3.05) is 32.8 Å². The first kappa shape index (κ1) is 11.4. The number of hydrogen-bond acceptors (Lipinski definition) is 4. The fourth-order valence-electron chi connectivity index (χ4n) is 2.39. The van der Waals surface area contributed by atoms with Gasteiger partial charge >= 0.3 is 0 Å². The summed E-state index contributed by atoms with van der Waals surface area (Å²) >= 11 is 0. The molecule has 0 bridgehead atoms. The molecule has 1 aromatic rings. The van der Waals surface area contributed by atoms with Crippen LogP contribution in [0.15, 0.2) is 23.1 Å². The Balaban J connectivity index is 1.88. The van der Waals surface area contributed by atoms with Crippen molar-refractivity contribution in [1.29, 1.82) is 0 Å². The van der Waals surface area contributed by atoms with Crippen molar-refractivity contribution in [3.05, 3.63) is 34.2 Å². The van der Waals surface area contributed by atoms with Gasteiger partial charge in [-0.05, 0) is 0 Å². The monoisotopic (exact) mass is 249 g/mol. The number of nitrogens with zero attached hydrogens (tertiary/aromatic N) is 3. The van der Waals surface area contributed by atoms with Crippen molar-refractivity contribution in [2.24, 2.45) is 0 Å². The smallest absolute Gasteiger partial charge is 0.284 e. The van der Waals surface area contributed by atoms with Crippen LogP contribution in [0.25, 0.3) is 0 Å². The van der Waals surface area contributed by atoms with E-state index in [0.29, 0.717) is 25.5 Å². The van der Waals surface area contributed by atoms with Gasteiger partial charge in [0.25, 0.3) is 5.91 Å². The summed E-state index contributed by atoms with van der Waals surface area (Å²) in [5.41, 5.74) is 0.346. The van der Waals surface area contributed by atoms with Crippen molar-refractivity contribution >= 4 is 5.91 Å². The second-order valence-corrected chi connectivity index (χ2v) is 4.44. The van der Waals surface area contributed by atoms with Crippen LogP contribution in [0.4, 0.5) is 0 Å². The maximum atomic E-state index is 12.4. The first-order chi connectivity index (χ1) is 8.75. The highest BCUT2D eigenvalue weighted by Crippen LogP contribution is 2.14. The topological polar surface area (TPSA) is 54.8 Å². The van der Waals surface area contributed by atoms with Crippen LogP contribution < -0.4 is 5.43 Å². The largest absolute Gasteiger partial charge is 0.379 e. The number of pyridine rings is 1. The molecule has 18 heavy (non-hydrogen) atoms. The van der Waals surface area contributed by atoms with E-state index in [1.807, 2.05) is 9.58 Å². The Morgan fingerprint density at radius 3 is 2.61 bits per heavy atom. The average molecular weight is 249 g/mol. The zero-order chi connectivity index (χ0) is 12.5. The fourth-order valence-corrected chi connectivity index (χ4v) is 2.39. The van der Waals surface area contributed by atoms with Crippen LogP contribution >= 0.6 is 0 Å². The van der Waals surface area contributed by atoms with Gasteiger partial charge in [0.05, 0.1) is 19.8 Å². The third-order valence-electron chi connectivity index (χ3n) is 3.34. The lowest BCUT2D eigenvalue weighted by molar-refractivity contribution is -0.0746. The number of ether oxygens (including phenoxy) is 1. The third kappa shape index (κ3) is 1.93. The Morgan fingerprint density at radius 1 is 1.06 bits per heavy atom. The van der Waals surface area contributed by atoms with Gasteiger partial charge in [0.2, 0.25) is 0 Å². The molecule has 2 aliphatic heterocycles. The summed E-state index contributed by atoms with van der Waals surface area (Å²) in [7, 11) is 0. The van der Waals surface area contributed by atoms with E-state index in [0.717, 1.165) is 19.6 Å². The van der Waals surface area contributed by atoms with Crippen LogP contribution in [0.1, 0.15) is 10.5 Å². The van der Waals surface area contributed by atoms with Crippen molar-refractivity contribution < 1.29 is 9.53 Å². The molecule has 6 heteroatoms. The molecule has 1 fully saturated rings. The van der Waals surface area contributed by atoms with Crippen LogP contribution in [0.3, 0.4) is 0 Å². The molecule has 1 saturated heterocycles. The van der Waals surface area contributed by atoms with Crippen molar-refractivity contribution in [2.45, 2.75) is 6.54 Å². The normalized spacial score (nSPS) is 20.9. The van der Waals surface area contributed by atoms with Gasteiger partial charge in [0, 0.05) is 38.0 Å². The van der Waals surface area contributed by atoms with E-state index >= 15 is 0 Å². The van der Waals surface area contributed by atoms with Gasteiger partial charge in [-0.25, -0.2) is 5.01 Å². The summed E-state index contributed by atoms with van der Waals surface area (Å²) < 4.78 is 7.11. The van der Waals surface area contributed by atoms with Crippen molar-refractivity contribution in [3.8, 4) is 0 Å². The molecule has 0 aliphatic carbocycles. The number of morpholine rings is 1. The molecule has 2 aliphatic rings. The van der Waals surface area contributed by atoms with E-state index in [2.05, 4.69) is 0 Å². The standard InChI is InChI=1S/C12H15N3O3/c16-10-1-2-13-3-4-15(12(17)11(13)9-10)14-5-7-18-8-6-14/h1-2,9H,3-8H2. The number of rotatable bonds is 1. The van der Waals surface area contributed by atoms with Gasteiger partial charge in [-0.1, -0.05) is 0 Å². The highest BCUT2D eigenvalue weighted by Gasteiger charge is 2.29. The number of hydrogen-bond donors (Lipinski definition) is 0. The highest BCUT2D eigenvalue weighted by atomic mass is 16.5. The number of carbonyl (C=O) groups excluding carboxylic acids is 1. The molecule has 1 amide bonds. The Kier molecular flexibility index (Phi) is 2.89. The quantitative estimate of drug-likeness (QED) is 0.676. The maximum absolute atomic E-state index is 12.4.